The number of hydrogen-bond acceptors (Lipinski definition) is 5. The van der Waals surface area contributed by atoms with Crippen LogP contribution >= 0.6 is 0 Å². The highest BCUT2D eigenvalue weighted by molar-refractivity contribution is 5.97. The second kappa shape index (κ2) is 7.90. The molecule has 0 saturated carbocycles. The smallest absolute Gasteiger partial charge is 0.344 e. The van der Waals surface area contributed by atoms with Crippen LogP contribution in [0.25, 0.3) is 11.5 Å². The fraction of sp³-hybridized carbons (Fsp3) is 0.182. The summed E-state index contributed by atoms with van der Waals surface area (Å²) in [5, 5.41) is 3.77. The van der Waals surface area contributed by atoms with Gasteiger partial charge in [0.05, 0.1) is 6.54 Å². The lowest BCUT2D eigenvalue weighted by atomic mass is 10.1. The van der Waals surface area contributed by atoms with Gasteiger partial charge < -0.3 is 4.57 Å². The zero-order valence-electron chi connectivity index (χ0n) is 16.5. The van der Waals surface area contributed by atoms with Crippen molar-refractivity contribution in [1.82, 2.24) is 19.3 Å². The van der Waals surface area contributed by atoms with Gasteiger partial charge in [0.1, 0.15) is 11.5 Å². The van der Waals surface area contributed by atoms with Gasteiger partial charge in [-0.2, -0.15) is 0 Å². The lowest BCUT2D eigenvalue weighted by Gasteiger charge is -2.10. The first-order valence-corrected chi connectivity index (χ1v) is 9.36. The van der Waals surface area contributed by atoms with Crippen LogP contribution in [0.15, 0.2) is 64.0 Å². The zero-order chi connectivity index (χ0) is 21.3. The van der Waals surface area contributed by atoms with Crippen molar-refractivity contribution < 1.29 is 13.7 Å². The van der Waals surface area contributed by atoms with Gasteiger partial charge in [-0.05, 0) is 49.7 Å². The Morgan fingerprint density at radius 2 is 1.87 bits per heavy atom. The number of hydrogen-bond donors (Lipinski definition) is 0. The normalized spacial score (nSPS) is 11.0. The van der Waals surface area contributed by atoms with Crippen LogP contribution in [0.2, 0.25) is 0 Å². The van der Waals surface area contributed by atoms with E-state index in [0.29, 0.717) is 17.8 Å². The number of carbonyl (C=O) groups excluding carboxylic acids is 1. The lowest BCUT2D eigenvalue weighted by molar-refractivity contribution is 0.0969. The minimum Gasteiger partial charge on any atom is -0.344 e. The van der Waals surface area contributed by atoms with E-state index in [1.165, 1.54) is 16.7 Å². The Hall–Kier alpha value is -3.81. The van der Waals surface area contributed by atoms with E-state index in [9.17, 15) is 14.0 Å². The van der Waals surface area contributed by atoms with E-state index in [1.54, 1.807) is 42.6 Å². The summed E-state index contributed by atoms with van der Waals surface area (Å²) < 4.78 is 21.1. The van der Waals surface area contributed by atoms with Crippen molar-refractivity contribution in [1.29, 1.82) is 0 Å². The molecule has 4 aromatic rings. The molecule has 0 fully saturated rings. The van der Waals surface area contributed by atoms with E-state index < -0.39 is 5.76 Å². The number of carbonyl (C=O) groups is 1. The van der Waals surface area contributed by atoms with Gasteiger partial charge in [-0.3, -0.25) is 14.3 Å². The van der Waals surface area contributed by atoms with Crippen LogP contribution in [0, 0.1) is 19.7 Å². The molecule has 4 rings (SSSR count). The monoisotopic (exact) mass is 406 g/mol. The number of halogens is 1. The summed E-state index contributed by atoms with van der Waals surface area (Å²) in [4.78, 5) is 29.3. The quantitative estimate of drug-likeness (QED) is 0.459. The highest BCUT2D eigenvalue weighted by atomic mass is 19.1. The number of aryl methyl sites for hydroxylation is 1. The van der Waals surface area contributed by atoms with Gasteiger partial charge >= 0.3 is 5.76 Å². The Morgan fingerprint density at radius 1 is 1.10 bits per heavy atom. The second-order valence-electron chi connectivity index (χ2n) is 6.99. The molecule has 7 nitrogen and oxygen atoms in total. The van der Waals surface area contributed by atoms with Crippen molar-refractivity contribution in [2.24, 2.45) is 0 Å². The summed E-state index contributed by atoms with van der Waals surface area (Å²) in [6.45, 7) is 4.05. The van der Waals surface area contributed by atoms with E-state index >= 15 is 0 Å². The third-order valence-electron chi connectivity index (χ3n) is 5.01. The van der Waals surface area contributed by atoms with Crippen LogP contribution in [0.4, 0.5) is 4.39 Å². The highest BCUT2D eigenvalue weighted by Crippen LogP contribution is 2.20. The van der Waals surface area contributed by atoms with Crippen LogP contribution in [0.3, 0.4) is 0 Å². The first-order valence-electron chi connectivity index (χ1n) is 9.36. The molecule has 8 heteroatoms. The summed E-state index contributed by atoms with van der Waals surface area (Å²) in [6, 6.07) is 13.2. The number of ketones is 1. The average molecular weight is 406 g/mol. The van der Waals surface area contributed by atoms with Crippen LogP contribution in [-0.4, -0.2) is 25.1 Å². The number of benzene rings is 1. The van der Waals surface area contributed by atoms with Crippen LogP contribution < -0.4 is 5.76 Å². The van der Waals surface area contributed by atoms with Crippen molar-refractivity contribution in [3.63, 3.8) is 0 Å². The summed E-state index contributed by atoms with van der Waals surface area (Å²) in [5.41, 5.74) is 3.53. The maximum Gasteiger partial charge on any atom is 0.442 e. The number of aromatic nitrogens is 4. The third kappa shape index (κ3) is 3.71. The largest absolute Gasteiger partial charge is 0.442 e. The summed E-state index contributed by atoms with van der Waals surface area (Å²) in [7, 11) is 0. The second-order valence-corrected chi connectivity index (χ2v) is 6.99. The molecule has 0 aliphatic rings. The lowest BCUT2D eigenvalue weighted by Crippen LogP contribution is -2.21. The fourth-order valence-corrected chi connectivity index (χ4v) is 3.41. The van der Waals surface area contributed by atoms with Gasteiger partial charge in [-0.15, -0.1) is 0 Å². The van der Waals surface area contributed by atoms with Crippen LogP contribution in [0.1, 0.15) is 27.3 Å². The number of pyridine rings is 1. The van der Waals surface area contributed by atoms with Gasteiger partial charge in [0.2, 0.25) is 5.82 Å². The predicted molar refractivity (Wildman–Crippen MR) is 108 cm³/mol. The molecule has 0 aliphatic carbocycles. The Labute approximate surface area is 171 Å². The molecular formula is C22H19FN4O3. The molecule has 3 heterocycles. The third-order valence-corrected chi connectivity index (χ3v) is 5.01. The molecule has 0 radical (unpaired) electrons. The van der Waals surface area contributed by atoms with Gasteiger partial charge in [0.15, 0.2) is 5.78 Å². The van der Waals surface area contributed by atoms with Crippen molar-refractivity contribution in [2.45, 2.75) is 26.9 Å². The molecule has 0 atom stereocenters. The highest BCUT2D eigenvalue weighted by Gasteiger charge is 2.21. The van der Waals surface area contributed by atoms with Crippen LogP contribution in [0.5, 0.6) is 0 Å². The van der Waals surface area contributed by atoms with Gasteiger partial charge in [-0.25, -0.2) is 13.8 Å². The first kappa shape index (κ1) is 19.5. The number of Topliss-reactive ketones (excluding diaryl/α,β-unsaturated/α-hetero) is 1. The number of nitrogens with zero attached hydrogens (tertiary/aromatic N) is 4. The van der Waals surface area contributed by atoms with Gasteiger partial charge in [0.25, 0.3) is 0 Å². The molecule has 0 aliphatic heterocycles. The zero-order valence-corrected chi connectivity index (χ0v) is 16.5. The fourth-order valence-electron chi connectivity index (χ4n) is 3.41. The molecule has 0 N–H and O–H groups in total. The Balaban J connectivity index is 1.62. The number of rotatable bonds is 6. The van der Waals surface area contributed by atoms with Crippen molar-refractivity contribution >= 4 is 5.78 Å². The van der Waals surface area contributed by atoms with E-state index in [0.717, 1.165) is 17.0 Å². The van der Waals surface area contributed by atoms with Crippen LogP contribution in [-0.2, 0) is 13.1 Å². The standard InChI is InChI=1S/C22H19FN4O3/c1-14-11-18(15(2)26(14)12-16-6-8-17(23)9-7-16)20(28)13-27-21(25-30-22(27)29)19-5-3-4-10-24-19/h3-11H,12-13H2,1-2H3. The molecular weight excluding hydrogens is 387 g/mol. The Kier molecular flexibility index (Phi) is 5.14. The minimum absolute atomic E-state index is 0.203. The molecule has 0 bridgehead atoms. The summed E-state index contributed by atoms with van der Waals surface area (Å²) >= 11 is 0. The molecule has 0 amide bonds. The molecule has 0 saturated heterocycles. The van der Waals surface area contributed by atoms with E-state index in [-0.39, 0.29) is 24.0 Å². The Morgan fingerprint density at radius 3 is 2.57 bits per heavy atom. The predicted octanol–water partition coefficient (Wildman–Crippen LogP) is 3.39. The SMILES string of the molecule is Cc1cc(C(=O)Cn2c(-c3ccccn3)noc2=O)c(C)n1Cc1ccc(F)cc1. The van der Waals surface area contributed by atoms with Crippen molar-refractivity contribution in [3.05, 3.63) is 93.6 Å². The average Bonchev–Trinajstić information content (AvgIpc) is 3.24. The molecule has 0 spiro atoms. The maximum atomic E-state index is 13.2. The van der Waals surface area contributed by atoms with E-state index in [2.05, 4.69) is 10.1 Å². The molecule has 30 heavy (non-hydrogen) atoms. The molecule has 1 aromatic carbocycles. The molecule has 152 valence electrons. The topological polar surface area (TPSA) is 82.9 Å². The maximum absolute atomic E-state index is 13.2. The van der Waals surface area contributed by atoms with Crippen molar-refractivity contribution in [2.75, 3.05) is 0 Å². The van der Waals surface area contributed by atoms with Crippen molar-refractivity contribution in [3.8, 4) is 11.5 Å². The van der Waals surface area contributed by atoms with E-state index in [4.69, 9.17) is 4.52 Å². The first-order chi connectivity index (χ1) is 14.4. The summed E-state index contributed by atoms with van der Waals surface area (Å²) in [6.07, 6.45) is 1.57. The minimum atomic E-state index is -0.718. The van der Waals surface area contributed by atoms with E-state index in [1.807, 2.05) is 18.4 Å². The Bertz CT molecular complexity index is 1250. The van der Waals surface area contributed by atoms with Gasteiger partial charge in [0, 0.05) is 29.7 Å². The summed E-state index contributed by atoms with van der Waals surface area (Å²) in [5.74, 6) is -1.05. The molecule has 0 unspecified atom stereocenters. The molecule has 3 aromatic heterocycles. The van der Waals surface area contributed by atoms with Gasteiger partial charge in [-0.1, -0.05) is 23.4 Å².